The molecular weight excluding hydrogens is 306 g/mol. The monoisotopic (exact) mass is 331 g/mol. The highest BCUT2D eigenvalue weighted by Gasteiger charge is 2.16. The third-order valence-corrected chi connectivity index (χ3v) is 3.76. The van der Waals surface area contributed by atoms with E-state index in [1.54, 1.807) is 12.1 Å². The molecule has 1 aromatic heterocycles. The Kier molecular flexibility index (Phi) is 5.87. The van der Waals surface area contributed by atoms with E-state index in [9.17, 15) is 9.90 Å². The number of anilines is 2. The first-order valence-electron chi connectivity index (χ1n) is 7.93. The van der Waals surface area contributed by atoms with Gasteiger partial charge in [0, 0.05) is 37.9 Å². The van der Waals surface area contributed by atoms with Crippen molar-refractivity contribution in [3.8, 4) is 0 Å². The van der Waals surface area contributed by atoms with Gasteiger partial charge in [-0.3, -0.25) is 0 Å². The van der Waals surface area contributed by atoms with Crippen molar-refractivity contribution in [2.75, 3.05) is 24.3 Å². The summed E-state index contributed by atoms with van der Waals surface area (Å²) in [6.07, 6.45) is 1.15. The van der Waals surface area contributed by atoms with Crippen molar-refractivity contribution >= 4 is 17.4 Å². The molecule has 2 atom stereocenters. The quantitative estimate of drug-likeness (QED) is 0.759. The molecule has 1 heterocycles. The molecule has 0 aliphatic heterocycles. The van der Waals surface area contributed by atoms with Crippen LogP contribution in [0.5, 0.6) is 0 Å². The van der Waals surface area contributed by atoms with Crippen molar-refractivity contribution in [1.29, 1.82) is 0 Å². The van der Waals surface area contributed by atoms with Crippen molar-refractivity contribution in [3.05, 3.63) is 47.9 Å². The molecule has 1 aromatic carbocycles. The summed E-state index contributed by atoms with van der Waals surface area (Å²) < 4.78 is 5.16. The number of nitrogens with zero attached hydrogens (tertiary/aromatic N) is 1. The zero-order valence-electron chi connectivity index (χ0n) is 14.5. The Hall–Kier alpha value is -2.47. The lowest BCUT2D eigenvalue weighted by Crippen LogP contribution is -2.37. The van der Waals surface area contributed by atoms with Crippen molar-refractivity contribution in [3.63, 3.8) is 0 Å². The first-order valence-corrected chi connectivity index (χ1v) is 7.93. The Morgan fingerprint density at radius 3 is 2.67 bits per heavy atom. The second kappa shape index (κ2) is 7.88. The molecule has 2 amide bonds. The van der Waals surface area contributed by atoms with Gasteiger partial charge in [0.2, 0.25) is 0 Å². The lowest BCUT2D eigenvalue weighted by molar-refractivity contribution is 0.130. The Morgan fingerprint density at radius 2 is 2.08 bits per heavy atom. The van der Waals surface area contributed by atoms with E-state index in [4.69, 9.17) is 4.42 Å². The molecule has 0 aliphatic carbocycles. The maximum absolute atomic E-state index is 12.1. The van der Waals surface area contributed by atoms with Gasteiger partial charge >= 0.3 is 6.03 Å². The van der Waals surface area contributed by atoms with Crippen LogP contribution in [0.2, 0.25) is 0 Å². The lowest BCUT2D eigenvalue weighted by atomic mass is 10.1. The molecule has 2 aromatic rings. The van der Waals surface area contributed by atoms with E-state index in [0.717, 1.165) is 16.9 Å². The molecule has 0 saturated carbocycles. The predicted molar refractivity (Wildman–Crippen MR) is 95.4 cm³/mol. The van der Waals surface area contributed by atoms with Crippen molar-refractivity contribution in [2.24, 2.45) is 0 Å². The normalized spacial score (nSPS) is 13.2. The third kappa shape index (κ3) is 4.76. The van der Waals surface area contributed by atoms with Gasteiger partial charge in [-0.25, -0.2) is 4.79 Å². The number of aliphatic hydroxyl groups excluding tert-OH is 1. The SMILES string of the molecule is Cc1cc(NC(=O)NC(C)CC(O)c2ccco2)ccc1N(C)C. The molecule has 0 spiro atoms. The molecule has 2 rings (SSSR count). The second-order valence-corrected chi connectivity index (χ2v) is 6.16. The summed E-state index contributed by atoms with van der Waals surface area (Å²) in [6, 6.07) is 8.70. The van der Waals surface area contributed by atoms with Crippen LogP contribution in [0.15, 0.2) is 41.0 Å². The largest absolute Gasteiger partial charge is 0.467 e. The minimum Gasteiger partial charge on any atom is -0.467 e. The number of carbonyl (C=O) groups is 1. The topological polar surface area (TPSA) is 77.7 Å². The molecule has 6 heteroatoms. The van der Waals surface area contributed by atoms with Crippen molar-refractivity contribution in [1.82, 2.24) is 5.32 Å². The van der Waals surface area contributed by atoms with Gasteiger partial charge in [-0.15, -0.1) is 0 Å². The molecule has 0 saturated heterocycles. The Bertz CT molecular complexity index is 668. The number of rotatable bonds is 6. The summed E-state index contributed by atoms with van der Waals surface area (Å²) in [5.41, 5.74) is 2.92. The summed E-state index contributed by atoms with van der Waals surface area (Å²) in [4.78, 5) is 14.1. The van der Waals surface area contributed by atoms with Gasteiger partial charge in [-0.2, -0.15) is 0 Å². The Balaban J connectivity index is 1.87. The van der Waals surface area contributed by atoms with Crippen LogP contribution in [0.1, 0.15) is 30.8 Å². The predicted octanol–water partition coefficient (Wildman–Crippen LogP) is 3.29. The molecule has 24 heavy (non-hydrogen) atoms. The minimum atomic E-state index is -0.739. The smallest absolute Gasteiger partial charge is 0.319 e. The van der Waals surface area contributed by atoms with Crippen LogP contribution in [0, 0.1) is 6.92 Å². The molecule has 0 fully saturated rings. The number of amides is 2. The van der Waals surface area contributed by atoms with Gasteiger partial charge in [0.25, 0.3) is 0 Å². The molecule has 6 nitrogen and oxygen atoms in total. The molecule has 0 aliphatic rings. The molecular formula is C18H25N3O3. The molecule has 0 radical (unpaired) electrons. The van der Waals surface area contributed by atoms with Crippen molar-refractivity contribution < 1.29 is 14.3 Å². The number of aryl methyl sites for hydroxylation is 1. The zero-order chi connectivity index (χ0) is 17.7. The summed E-state index contributed by atoms with van der Waals surface area (Å²) >= 11 is 0. The average molecular weight is 331 g/mol. The summed E-state index contributed by atoms with van der Waals surface area (Å²) in [7, 11) is 3.96. The van der Waals surface area contributed by atoms with Crippen LogP contribution in [0.3, 0.4) is 0 Å². The zero-order valence-corrected chi connectivity index (χ0v) is 14.5. The van der Waals surface area contributed by atoms with Crippen LogP contribution in [0.25, 0.3) is 0 Å². The molecule has 130 valence electrons. The maximum atomic E-state index is 12.1. The maximum Gasteiger partial charge on any atom is 0.319 e. The van der Waals surface area contributed by atoms with Crippen LogP contribution >= 0.6 is 0 Å². The number of hydrogen-bond acceptors (Lipinski definition) is 4. The fourth-order valence-corrected chi connectivity index (χ4v) is 2.62. The standard InChI is InChI=1S/C18H25N3O3/c1-12-10-14(7-8-15(12)21(3)4)20-18(23)19-13(2)11-16(22)17-6-5-9-24-17/h5-10,13,16,22H,11H2,1-4H3,(H2,19,20,23). The van der Waals surface area contributed by atoms with Crippen LogP contribution in [-0.4, -0.2) is 31.3 Å². The number of furan rings is 1. The Labute approximate surface area is 142 Å². The number of hydrogen-bond donors (Lipinski definition) is 3. The van der Waals surface area contributed by atoms with Crippen LogP contribution < -0.4 is 15.5 Å². The van der Waals surface area contributed by atoms with E-state index >= 15 is 0 Å². The highest BCUT2D eigenvalue weighted by atomic mass is 16.4. The number of nitrogens with one attached hydrogen (secondary N) is 2. The van der Waals surface area contributed by atoms with Gasteiger partial charge in [0.1, 0.15) is 11.9 Å². The van der Waals surface area contributed by atoms with E-state index in [0.29, 0.717) is 12.2 Å². The van der Waals surface area contributed by atoms with Crippen molar-refractivity contribution in [2.45, 2.75) is 32.4 Å². The van der Waals surface area contributed by atoms with Gasteiger partial charge < -0.3 is 25.1 Å². The number of urea groups is 1. The highest BCUT2D eigenvalue weighted by molar-refractivity contribution is 5.89. The number of aliphatic hydroxyl groups is 1. The van der Waals surface area contributed by atoms with Gasteiger partial charge in [0.05, 0.1) is 6.26 Å². The van der Waals surface area contributed by atoms with Crippen LogP contribution in [-0.2, 0) is 0 Å². The van der Waals surface area contributed by atoms with E-state index < -0.39 is 6.10 Å². The summed E-state index contributed by atoms with van der Waals surface area (Å²) in [5.74, 6) is 0.499. The number of benzene rings is 1. The van der Waals surface area contributed by atoms with Gasteiger partial charge in [-0.1, -0.05) is 0 Å². The first kappa shape index (κ1) is 17.9. The first-order chi connectivity index (χ1) is 11.4. The summed E-state index contributed by atoms with van der Waals surface area (Å²) in [5, 5.41) is 15.7. The molecule has 3 N–H and O–H groups in total. The second-order valence-electron chi connectivity index (χ2n) is 6.16. The molecule has 2 unspecified atom stereocenters. The van der Waals surface area contributed by atoms with Gasteiger partial charge in [0.15, 0.2) is 0 Å². The summed E-state index contributed by atoms with van der Waals surface area (Å²) in [6.45, 7) is 3.84. The third-order valence-electron chi connectivity index (χ3n) is 3.76. The minimum absolute atomic E-state index is 0.202. The van der Waals surface area contributed by atoms with E-state index in [1.165, 1.54) is 6.26 Å². The highest BCUT2D eigenvalue weighted by Crippen LogP contribution is 2.22. The lowest BCUT2D eigenvalue weighted by Gasteiger charge is -2.19. The fraction of sp³-hybridized carbons (Fsp3) is 0.389. The van der Waals surface area contributed by atoms with E-state index in [-0.39, 0.29) is 12.1 Å². The fourth-order valence-electron chi connectivity index (χ4n) is 2.62. The van der Waals surface area contributed by atoms with E-state index in [1.807, 2.05) is 51.0 Å². The molecule has 0 bridgehead atoms. The van der Waals surface area contributed by atoms with Crippen LogP contribution in [0.4, 0.5) is 16.2 Å². The number of carbonyl (C=O) groups excluding carboxylic acids is 1. The van der Waals surface area contributed by atoms with E-state index in [2.05, 4.69) is 10.6 Å². The average Bonchev–Trinajstić information content (AvgIpc) is 3.00. The van der Waals surface area contributed by atoms with Gasteiger partial charge in [-0.05, 0) is 49.7 Å². The Morgan fingerprint density at radius 1 is 1.33 bits per heavy atom.